The second-order valence-corrected chi connectivity index (χ2v) is 5.90. The number of halogens is 1. The number of carbonyl (C=O) groups excluding carboxylic acids is 2. The standard InChI is InChI=1S/C17H17BrN4O4/c1-25-15-8-11(9-20-22-17(19)24)2-7-14(15)26-10-16(23)21-13-5-3-12(18)4-6-13/h2-9H,10H2,1H3,(H,21,23)(H3,19,22,24). The van der Waals surface area contributed by atoms with Crippen LogP contribution in [0.15, 0.2) is 52.0 Å². The molecule has 9 heteroatoms. The number of carbonyl (C=O) groups is 2. The lowest BCUT2D eigenvalue weighted by molar-refractivity contribution is -0.118. The number of amides is 3. The average molecular weight is 421 g/mol. The van der Waals surface area contributed by atoms with E-state index in [1.807, 2.05) is 12.1 Å². The molecule has 8 nitrogen and oxygen atoms in total. The molecule has 3 amide bonds. The second kappa shape index (κ2) is 9.42. The van der Waals surface area contributed by atoms with Gasteiger partial charge in [0.25, 0.3) is 5.91 Å². The highest BCUT2D eigenvalue weighted by Crippen LogP contribution is 2.27. The Hall–Kier alpha value is -3.07. The molecule has 0 atom stereocenters. The summed E-state index contributed by atoms with van der Waals surface area (Å²) in [5, 5.41) is 6.39. The molecule has 0 saturated carbocycles. The van der Waals surface area contributed by atoms with Crippen LogP contribution in [0, 0.1) is 0 Å². The Morgan fingerprint density at radius 2 is 1.92 bits per heavy atom. The Morgan fingerprint density at radius 3 is 2.58 bits per heavy atom. The van der Waals surface area contributed by atoms with E-state index in [2.05, 4.69) is 31.8 Å². The summed E-state index contributed by atoms with van der Waals surface area (Å²) < 4.78 is 11.7. The van der Waals surface area contributed by atoms with Crippen LogP contribution in [-0.4, -0.2) is 31.9 Å². The van der Waals surface area contributed by atoms with E-state index in [0.717, 1.165) is 4.47 Å². The predicted molar refractivity (Wildman–Crippen MR) is 102 cm³/mol. The van der Waals surface area contributed by atoms with Crippen LogP contribution in [0.2, 0.25) is 0 Å². The SMILES string of the molecule is COc1cc(C=NNC(N)=O)ccc1OCC(=O)Nc1ccc(Br)cc1. The monoisotopic (exact) mass is 420 g/mol. The van der Waals surface area contributed by atoms with Gasteiger partial charge in [0.1, 0.15) is 0 Å². The summed E-state index contributed by atoms with van der Waals surface area (Å²) in [6.07, 6.45) is 1.40. The van der Waals surface area contributed by atoms with E-state index in [1.165, 1.54) is 13.3 Å². The van der Waals surface area contributed by atoms with Crippen molar-refractivity contribution in [1.29, 1.82) is 0 Å². The molecule has 0 unspecified atom stereocenters. The summed E-state index contributed by atoms with van der Waals surface area (Å²) in [7, 11) is 1.48. The first kappa shape index (κ1) is 19.3. The van der Waals surface area contributed by atoms with Crippen LogP contribution in [0.25, 0.3) is 0 Å². The smallest absolute Gasteiger partial charge is 0.332 e. The third kappa shape index (κ3) is 6.10. The van der Waals surface area contributed by atoms with Crippen molar-refractivity contribution in [3.05, 3.63) is 52.5 Å². The quantitative estimate of drug-likeness (QED) is 0.471. The van der Waals surface area contributed by atoms with Gasteiger partial charge in [0, 0.05) is 10.2 Å². The number of primary amides is 1. The van der Waals surface area contributed by atoms with Gasteiger partial charge in [0.05, 0.1) is 13.3 Å². The number of rotatable bonds is 7. The number of nitrogens with one attached hydrogen (secondary N) is 2. The van der Waals surface area contributed by atoms with Gasteiger partial charge in [-0.05, 0) is 48.0 Å². The third-order valence-corrected chi connectivity index (χ3v) is 3.59. The van der Waals surface area contributed by atoms with Crippen molar-refractivity contribution in [3.8, 4) is 11.5 Å². The summed E-state index contributed by atoms with van der Waals surface area (Å²) in [6.45, 7) is -0.177. The number of hydrazone groups is 1. The van der Waals surface area contributed by atoms with Crippen molar-refractivity contribution in [1.82, 2.24) is 5.43 Å². The maximum Gasteiger partial charge on any atom is 0.332 e. The fraction of sp³-hybridized carbons (Fsp3) is 0.118. The normalized spacial score (nSPS) is 10.4. The number of hydrogen-bond donors (Lipinski definition) is 3. The van der Waals surface area contributed by atoms with Gasteiger partial charge in [0.2, 0.25) is 0 Å². The average Bonchev–Trinajstić information content (AvgIpc) is 2.62. The first-order valence-electron chi connectivity index (χ1n) is 7.42. The molecule has 26 heavy (non-hydrogen) atoms. The van der Waals surface area contributed by atoms with E-state index in [4.69, 9.17) is 15.2 Å². The van der Waals surface area contributed by atoms with Gasteiger partial charge in [-0.1, -0.05) is 15.9 Å². The molecule has 0 saturated heterocycles. The molecule has 0 aliphatic heterocycles. The molecule has 2 aromatic rings. The second-order valence-electron chi connectivity index (χ2n) is 4.99. The number of ether oxygens (including phenoxy) is 2. The van der Waals surface area contributed by atoms with Gasteiger partial charge in [-0.15, -0.1) is 0 Å². The Labute approximate surface area is 158 Å². The number of anilines is 1. The highest BCUT2D eigenvalue weighted by molar-refractivity contribution is 9.10. The van der Waals surface area contributed by atoms with E-state index in [9.17, 15) is 9.59 Å². The molecule has 0 fully saturated rings. The van der Waals surface area contributed by atoms with Gasteiger partial charge >= 0.3 is 6.03 Å². The van der Waals surface area contributed by atoms with Crippen LogP contribution in [0.4, 0.5) is 10.5 Å². The molecule has 0 heterocycles. The van der Waals surface area contributed by atoms with Gasteiger partial charge in [-0.25, -0.2) is 10.2 Å². The lowest BCUT2D eigenvalue weighted by Gasteiger charge is -2.11. The molecule has 2 rings (SSSR count). The first-order chi connectivity index (χ1) is 12.5. The van der Waals surface area contributed by atoms with Crippen LogP contribution in [0.1, 0.15) is 5.56 Å². The Kier molecular flexibility index (Phi) is 6.98. The largest absolute Gasteiger partial charge is 0.493 e. The number of urea groups is 1. The summed E-state index contributed by atoms with van der Waals surface area (Å²) in [4.78, 5) is 22.6. The van der Waals surface area contributed by atoms with Crippen LogP contribution in [0.3, 0.4) is 0 Å². The number of benzene rings is 2. The summed E-state index contributed by atoms with van der Waals surface area (Å²) >= 11 is 3.33. The van der Waals surface area contributed by atoms with Crippen LogP contribution in [0.5, 0.6) is 11.5 Å². The van der Waals surface area contributed by atoms with Crippen LogP contribution in [-0.2, 0) is 4.79 Å². The number of nitrogens with zero attached hydrogens (tertiary/aromatic N) is 1. The minimum absolute atomic E-state index is 0.177. The maximum absolute atomic E-state index is 12.0. The molecule has 0 spiro atoms. The van der Waals surface area contributed by atoms with E-state index >= 15 is 0 Å². The molecule has 0 aliphatic carbocycles. The minimum atomic E-state index is -0.759. The van der Waals surface area contributed by atoms with Crippen LogP contribution >= 0.6 is 15.9 Å². The van der Waals surface area contributed by atoms with E-state index in [0.29, 0.717) is 22.7 Å². The zero-order chi connectivity index (χ0) is 18.9. The Balaban J connectivity index is 1.95. The predicted octanol–water partition coefficient (Wildman–Crippen LogP) is 2.48. The van der Waals surface area contributed by atoms with Crippen molar-refractivity contribution in [2.24, 2.45) is 10.8 Å². The fourth-order valence-electron chi connectivity index (χ4n) is 1.93. The summed E-state index contributed by atoms with van der Waals surface area (Å²) in [6, 6.07) is 11.4. The highest BCUT2D eigenvalue weighted by atomic mass is 79.9. The van der Waals surface area contributed by atoms with E-state index in [-0.39, 0.29) is 12.5 Å². The Bertz CT molecular complexity index is 809. The van der Waals surface area contributed by atoms with Gasteiger partial charge in [0.15, 0.2) is 18.1 Å². The van der Waals surface area contributed by atoms with Crippen molar-refractivity contribution in [3.63, 3.8) is 0 Å². The first-order valence-corrected chi connectivity index (χ1v) is 8.22. The molecule has 0 aliphatic rings. The number of hydrogen-bond acceptors (Lipinski definition) is 5. The summed E-state index contributed by atoms with van der Waals surface area (Å²) in [5.74, 6) is 0.522. The molecule has 0 radical (unpaired) electrons. The molecular formula is C17H17BrN4O4. The fourth-order valence-corrected chi connectivity index (χ4v) is 2.19. The zero-order valence-corrected chi connectivity index (χ0v) is 15.4. The molecule has 4 N–H and O–H groups in total. The van der Waals surface area contributed by atoms with Crippen LogP contribution < -0.4 is 25.9 Å². The van der Waals surface area contributed by atoms with Crippen molar-refractivity contribution in [2.45, 2.75) is 0 Å². The van der Waals surface area contributed by atoms with Crippen molar-refractivity contribution >= 4 is 39.8 Å². The molecule has 0 bridgehead atoms. The van der Waals surface area contributed by atoms with Gasteiger partial charge in [-0.2, -0.15) is 5.10 Å². The Morgan fingerprint density at radius 1 is 1.19 bits per heavy atom. The number of methoxy groups -OCH3 is 1. The van der Waals surface area contributed by atoms with E-state index in [1.54, 1.807) is 30.3 Å². The molecule has 0 aromatic heterocycles. The molecule has 136 valence electrons. The molecular weight excluding hydrogens is 404 g/mol. The van der Waals surface area contributed by atoms with Crippen molar-refractivity contribution < 1.29 is 19.1 Å². The zero-order valence-electron chi connectivity index (χ0n) is 13.9. The van der Waals surface area contributed by atoms with E-state index < -0.39 is 6.03 Å². The summed E-state index contributed by atoms with van der Waals surface area (Å²) in [5.41, 5.74) is 8.34. The lowest BCUT2D eigenvalue weighted by atomic mass is 10.2. The highest BCUT2D eigenvalue weighted by Gasteiger charge is 2.09. The minimum Gasteiger partial charge on any atom is -0.493 e. The lowest BCUT2D eigenvalue weighted by Crippen LogP contribution is -2.24. The topological polar surface area (TPSA) is 115 Å². The molecule has 2 aromatic carbocycles. The van der Waals surface area contributed by atoms with Gasteiger partial charge < -0.3 is 20.5 Å². The van der Waals surface area contributed by atoms with Crippen molar-refractivity contribution in [2.75, 3.05) is 19.0 Å². The maximum atomic E-state index is 12.0. The van der Waals surface area contributed by atoms with Gasteiger partial charge in [-0.3, -0.25) is 4.79 Å². The number of nitrogens with two attached hydrogens (primary N) is 1. The third-order valence-electron chi connectivity index (χ3n) is 3.06.